The molecule has 0 bridgehead atoms. The Labute approximate surface area is 193 Å². The van der Waals surface area contributed by atoms with Gasteiger partial charge >= 0.3 is 6.09 Å². The third-order valence-electron chi connectivity index (χ3n) is 5.39. The van der Waals surface area contributed by atoms with Gasteiger partial charge in [0, 0.05) is 30.0 Å². The van der Waals surface area contributed by atoms with E-state index in [0.29, 0.717) is 23.6 Å². The molecule has 180 valence electrons. The molecule has 1 fully saturated rings. The first-order valence-electron chi connectivity index (χ1n) is 10.7. The number of nitrogens with one attached hydrogen (secondary N) is 3. The van der Waals surface area contributed by atoms with E-state index in [4.69, 9.17) is 9.47 Å². The zero-order chi connectivity index (χ0) is 24.2. The van der Waals surface area contributed by atoms with Crippen LogP contribution in [0.15, 0.2) is 29.2 Å². The van der Waals surface area contributed by atoms with Crippen molar-refractivity contribution < 1.29 is 27.5 Å². The lowest BCUT2D eigenvalue weighted by Crippen LogP contribution is -2.33. The fourth-order valence-electron chi connectivity index (χ4n) is 3.90. The van der Waals surface area contributed by atoms with Gasteiger partial charge in [-0.05, 0) is 56.9 Å². The number of hydrogen-bond donors (Lipinski definition) is 3. The van der Waals surface area contributed by atoms with Crippen LogP contribution in [-0.2, 0) is 25.8 Å². The maximum absolute atomic E-state index is 12.6. The zero-order valence-corrected chi connectivity index (χ0v) is 20.0. The Balaban J connectivity index is 1.60. The molecule has 0 saturated heterocycles. The van der Waals surface area contributed by atoms with Crippen LogP contribution in [0.1, 0.15) is 50.3 Å². The van der Waals surface area contributed by atoms with Crippen LogP contribution < -0.4 is 15.4 Å². The summed E-state index contributed by atoms with van der Waals surface area (Å²) in [5.41, 5.74) is 1.19. The monoisotopic (exact) mass is 478 g/mol. The Kier molecular flexibility index (Phi) is 7.62. The second-order valence-corrected chi connectivity index (χ2v) is 10.5. The van der Waals surface area contributed by atoms with E-state index in [2.05, 4.69) is 20.8 Å². The molecule has 1 heterocycles. The quantitative estimate of drug-likeness (QED) is 0.530. The number of methoxy groups -OCH3 is 1. The summed E-state index contributed by atoms with van der Waals surface area (Å²) in [6.07, 6.45) is 2.62. The number of alkyl carbamates (subject to hydrolysis) is 1. The molecule has 3 N–H and O–H groups in total. The van der Waals surface area contributed by atoms with Gasteiger partial charge in [-0.1, -0.05) is 0 Å². The van der Waals surface area contributed by atoms with E-state index >= 15 is 0 Å². The highest BCUT2D eigenvalue weighted by Crippen LogP contribution is 2.36. The molecule has 2 aromatic rings. The van der Waals surface area contributed by atoms with Crippen LogP contribution in [-0.4, -0.2) is 56.1 Å². The van der Waals surface area contributed by atoms with Crippen molar-refractivity contribution in [3.8, 4) is 5.75 Å². The van der Waals surface area contributed by atoms with Gasteiger partial charge in [0.25, 0.3) is 0 Å². The maximum atomic E-state index is 12.6. The van der Waals surface area contributed by atoms with Gasteiger partial charge in [-0.15, -0.1) is 0 Å². The largest absolute Gasteiger partial charge is 0.497 e. The topological polar surface area (TPSA) is 139 Å². The Morgan fingerprint density at radius 2 is 2.00 bits per heavy atom. The first-order valence-corrected chi connectivity index (χ1v) is 12.6. The number of anilines is 1. The average molecular weight is 479 g/mol. The highest BCUT2D eigenvalue weighted by Gasteiger charge is 2.30. The number of amides is 2. The van der Waals surface area contributed by atoms with Gasteiger partial charge < -0.3 is 20.1 Å². The van der Waals surface area contributed by atoms with E-state index in [-0.39, 0.29) is 29.4 Å². The first kappa shape index (κ1) is 24.6. The molecule has 1 aliphatic carbocycles. The molecule has 2 amide bonds. The second kappa shape index (κ2) is 10.2. The van der Waals surface area contributed by atoms with Gasteiger partial charge in [0.2, 0.25) is 5.91 Å². The van der Waals surface area contributed by atoms with Crippen molar-refractivity contribution in [2.24, 2.45) is 0 Å². The number of rotatable bonds is 8. The molecule has 0 spiro atoms. The highest BCUT2D eigenvalue weighted by atomic mass is 32.2. The molecule has 1 aromatic heterocycles. The van der Waals surface area contributed by atoms with Crippen molar-refractivity contribution in [1.29, 1.82) is 0 Å². The first-order chi connectivity index (χ1) is 15.5. The molecule has 1 aliphatic rings. The van der Waals surface area contributed by atoms with Gasteiger partial charge in [0.15, 0.2) is 15.7 Å². The fourth-order valence-corrected chi connectivity index (χ4v) is 4.83. The number of H-pyrrole nitrogens is 1. The highest BCUT2D eigenvalue weighted by molar-refractivity contribution is 7.90. The molecule has 1 saturated carbocycles. The van der Waals surface area contributed by atoms with E-state index in [1.165, 1.54) is 13.2 Å². The molecule has 11 heteroatoms. The fraction of sp³-hybridized carbons (Fsp3) is 0.500. The van der Waals surface area contributed by atoms with E-state index in [1.54, 1.807) is 18.2 Å². The predicted octanol–water partition coefficient (Wildman–Crippen LogP) is 2.77. The average Bonchev–Trinajstić information content (AvgIpc) is 3.35. The summed E-state index contributed by atoms with van der Waals surface area (Å²) in [5.74, 6) is 0.549. The van der Waals surface area contributed by atoms with Crippen molar-refractivity contribution in [1.82, 2.24) is 15.5 Å². The minimum atomic E-state index is -3.50. The van der Waals surface area contributed by atoms with E-state index in [0.717, 1.165) is 24.8 Å². The SMILES string of the molecule is COc1ccc(S(C)(=O)=O)c(CC(=O)Nc2cc([C@H]3CC[C@@H](OC(=O)NC(C)C)C3)[nH]n2)c1. The number of hydrogen-bond acceptors (Lipinski definition) is 7. The number of carbonyl (C=O) groups is 2. The number of ether oxygens (including phenoxy) is 2. The van der Waals surface area contributed by atoms with E-state index in [9.17, 15) is 18.0 Å². The molecule has 33 heavy (non-hydrogen) atoms. The van der Waals surface area contributed by atoms with Crippen LogP contribution in [0.2, 0.25) is 0 Å². The Morgan fingerprint density at radius 3 is 2.67 bits per heavy atom. The van der Waals surface area contributed by atoms with Gasteiger partial charge in [-0.3, -0.25) is 9.89 Å². The van der Waals surface area contributed by atoms with Crippen LogP contribution in [0.3, 0.4) is 0 Å². The molecule has 0 unspecified atom stereocenters. The van der Waals surface area contributed by atoms with Crippen LogP contribution in [0.5, 0.6) is 5.75 Å². The normalized spacial score (nSPS) is 18.2. The van der Waals surface area contributed by atoms with Crippen LogP contribution in [0.25, 0.3) is 0 Å². The summed E-state index contributed by atoms with van der Waals surface area (Å²) in [4.78, 5) is 24.5. The van der Waals surface area contributed by atoms with Gasteiger partial charge in [0.05, 0.1) is 18.4 Å². The van der Waals surface area contributed by atoms with Crippen LogP contribution in [0.4, 0.5) is 10.6 Å². The Bertz CT molecular complexity index is 1110. The number of benzene rings is 1. The van der Waals surface area contributed by atoms with Gasteiger partial charge in [-0.2, -0.15) is 5.10 Å². The third-order valence-corrected chi connectivity index (χ3v) is 6.59. The minimum Gasteiger partial charge on any atom is -0.497 e. The smallest absolute Gasteiger partial charge is 0.407 e. The third kappa shape index (κ3) is 6.70. The summed E-state index contributed by atoms with van der Waals surface area (Å²) in [5, 5.41) is 12.5. The summed E-state index contributed by atoms with van der Waals surface area (Å²) >= 11 is 0. The summed E-state index contributed by atoms with van der Waals surface area (Å²) in [6.45, 7) is 3.74. The molecule has 1 aromatic carbocycles. The summed E-state index contributed by atoms with van der Waals surface area (Å²) < 4.78 is 34.7. The molecule has 0 aliphatic heterocycles. The molecule has 10 nitrogen and oxygen atoms in total. The number of carbonyl (C=O) groups excluding carboxylic acids is 2. The lowest BCUT2D eigenvalue weighted by molar-refractivity contribution is -0.115. The second-order valence-electron chi connectivity index (χ2n) is 8.52. The molecular weight excluding hydrogens is 448 g/mol. The van der Waals surface area contributed by atoms with Crippen molar-refractivity contribution in [2.45, 2.75) is 62.5 Å². The predicted molar refractivity (Wildman–Crippen MR) is 122 cm³/mol. The molecular formula is C22H30N4O6S. The van der Waals surface area contributed by atoms with Crippen molar-refractivity contribution >= 4 is 27.7 Å². The number of aromatic amines is 1. The van der Waals surface area contributed by atoms with Crippen LogP contribution >= 0.6 is 0 Å². The van der Waals surface area contributed by atoms with Gasteiger partial charge in [0.1, 0.15) is 11.9 Å². The maximum Gasteiger partial charge on any atom is 0.407 e. The molecule has 0 radical (unpaired) electrons. The minimum absolute atomic E-state index is 0.0129. The van der Waals surface area contributed by atoms with E-state index < -0.39 is 21.8 Å². The van der Waals surface area contributed by atoms with Crippen molar-refractivity contribution in [2.75, 3.05) is 18.7 Å². The van der Waals surface area contributed by atoms with E-state index in [1.807, 2.05) is 13.8 Å². The van der Waals surface area contributed by atoms with Gasteiger partial charge in [-0.25, -0.2) is 13.2 Å². The number of sulfone groups is 1. The zero-order valence-electron chi connectivity index (χ0n) is 19.2. The van der Waals surface area contributed by atoms with Crippen molar-refractivity contribution in [3.63, 3.8) is 0 Å². The van der Waals surface area contributed by atoms with Crippen LogP contribution in [0, 0.1) is 0 Å². The standard InChI is InChI=1S/C22H30N4O6S/c1-13(2)23-22(28)32-17-6-5-14(9-17)18-12-20(26-25-18)24-21(27)11-15-10-16(31-3)7-8-19(15)33(4,29)30/h7-8,10,12-14,17H,5-6,9,11H2,1-4H3,(H,23,28)(H2,24,25,26,27)/t14-,17+/m0/s1. The Morgan fingerprint density at radius 1 is 1.24 bits per heavy atom. The number of aromatic nitrogens is 2. The summed E-state index contributed by atoms with van der Waals surface area (Å²) in [6, 6.07) is 6.29. The lowest BCUT2D eigenvalue weighted by atomic mass is 10.0. The Hall–Kier alpha value is -3.08. The summed E-state index contributed by atoms with van der Waals surface area (Å²) in [7, 11) is -2.03. The van der Waals surface area contributed by atoms with Crippen molar-refractivity contribution in [3.05, 3.63) is 35.5 Å². The lowest BCUT2D eigenvalue weighted by Gasteiger charge is -2.14. The molecule has 2 atom stereocenters. The molecule has 3 rings (SSSR count). The number of nitrogens with zero attached hydrogens (tertiary/aromatic N) is 1.